The summed E-state index contributed by atoms with van der Waals surface area (Å²) in [5.74, 6) is -0.225. The van der Waals surface area contributed by atoms with Gasteiger partial charge in [-0.3, -0.25) is 4.79 Å². The normalized spacial score (nSPS) is 12.6. The van der Waals surface area contributed by atoms with Gasteiger partial charge in [0.2, 0.25) is 5.91 Å². The maximum atomic E-state index is 11.0. The van der Waals surface area contributed by atoms with Crippen molar-refractivity contribution in [3.05, 3.63) is 0 Å². The highest BCUT2D eigenvalue weighted by Crippen LogP contribution is 1.91. The molecule has 0 rings (SSSR count). The number of carbonyl (C=O) groups excluding carboxylic acids is 1. The van der Waals surface area contributed by atoms with Gasteiger partial charge in [0, 0.05) is 6.54 Å². The molecule has 0 aromatic heterocycles. The number of aliphatic hydroxyl groups is 1. The van der Waals surface area contributed by atoms with Gasteiger partial charge < -0.3 is 21.9 Å². The number of aliphatic hydroxyl groups excluding tert-OH is 1. The third kappa shape index (κ3) is 5.06. The highest BCUT2D eigenvalue weighted by molar-refractivity contribution is 5.81. The van der Waals surface area contributed by atoms with E-state index >= 15 is 0 Å². The number of nitrogens with two attached hydrogens (primary N) is 2. The zero-order valence-corrected chi connectivity index (χ0v) is 7.12. The van der Waals surface area contributed by atoms with E-state index in [-0.39, 0.29) is 19.1 Å². The lowest BCUT2D eigenvalue weighted by atomic mass is 10.1. The van der Waals surface area contributed by atoms with Crippen LogP contribution >= 0.6 is 0 Å². The summed E-state index contributed by atoms with van der Waals surface area (Å²) in [7, 11) is 0. The Balaban J connectivity index is 3.47. The van der Waals surface area contributed by atoms with Crippen LogP contribution in [0.5, 0.6) is 0 Å². The molecule has 0 aromatic rings. The zero-order chi connectivity index (χ0) is 9.40. The summed E-state index contributed by atoms with van der Waals surface area (Å²) in [6, 6.07) is -0.500. The van der Waals surface area contributed by atoms with Crippen LogP contribution in [0.4, 0.5) is 0 Å². The van der Waals surface area contributed by atoms with Crippen molar-refractivity contribution < 1.29 is 9.90 Å². The Labute approximate surface area is 72.1 Å². The van der Waals surface area contributed by atoms with Gasteiger partial charge in [0.05, 0.1) is 12.6 Å². The van der Waals surface area contributed by atoms with E-state index in [2.05, 4.69) is 5.32 Å². The van der Waals surface area contributed by atoms with Crippen molar-refractivity contribution in [2.75, 3.05) is 19.7 Å². The molecule has 0 heterocycles. The van der Waals surface area contributed by atoms with Crippen molar-refractivity contribution in [1.82, 2.24) is 5.32 Å². The molecular weight excluding hydrogens is 158 g/mol. The summed E-state index contributed by atoms with van der Waals surface area (Å²) in [6.45, 7) is 0.742. The number of hydrogen-bond acceptors (Lipinski definition) is 4. The SMILES string of the molecule is NCCCC(N)C(=O)NCCO. The summed E-state index contributed by atoms with van der Waals surface area (Å²) < 4.78 is 0. The van der Waals surface area contributed by atoms with Gasteiger partial charge in [-0.2, -0.15) is 0 Å². The molecule has 0 radical (unpaired) electrons. The van der Waals surface area contributed by atoms with Crippen LogP contribution < -0.4 is 16.8 Å². The van der Waals surface area contributed by atoms with Crippen molar-refractivity contribution in [2.24, 2.45) is 11.5 Å². The topological polar surface area (TPSA) is 101 Å². The lowest BCUT2D eigenvalue weighted by Crippen LogP contribution is -2.41. The first-order valence-corrected chi connectivity index (χ1v) is 4.06. The van der Waals surface area contributed by atoms with Gasteiger partial charge in [-0.05, 0) is 19.4 Å². The Bertz CT molecular complexity index is 130. The number of amides is 1. The maximum Gasteiger partial charge on any atom is 0.236 e. The Morgan fingerprint density at radius 1 is 1.58 bits per heavy atom. The standard InChI is InChI=1S/C7H17N3O2/c8-3-1-2-6(9)7(12)10-4-5-11/h6,11H,1-5,8-9H2,(H,10,12). The quantitative estimate of drug-likeness (QED) is 0.381. The minimum atomic E-state index is -0.500. The van der Waals surface area contributed by atoms with Gasteiger partial charge in [-0.25, -0.2) is 0 Å². The highest BCUT2D eigenvalue weighted by Gasteiger charge is 2.10. The third-order valence-electron chi connectivity index (χ3n) is 1.47. The van der Waals surface area contributed by atoms with Crippen molar-refractivity contribution >= 4 is 5.91 Å². The fourth-order valence-corrected chi connectivity index (χ4v) is 0.779. The van der Waals surface area contributed by atoms with Crippen LogP contribution in [0.1, 0.15) is 12.8 Å². The predicted octanol–water partition coefficient (Wildman–Crippen LogP) is -1.84. The smallest absolute Gasteiger partial charge is 0.236 e. The van der Waals surface area contributed by atoms with Gasteiger partial charge in [0.1, 0.15) is 0 Å². The van der Waals surface area contributed by atoms with E-state index < -0.39 is 6.04 Å². The summed E-state index contributed by atoms with van der Waals surface area (Å²) in [5, 5.41) is 10.9. The summed E-state index contributed by atoms with van der Waals surface area (Å²) in [5.41, 5.74) is 10.7. The second-order valence-corrected chi connectivity index (χ2v) is 2.55. The minimum Gasteiger partial charge on any atom is -0.395 e. The van der Waals surface area contributed by atoms with Gasteiger partial charge in [0.15, 0.2) is 0 Å². The van der Waals surface area contributed by atoms with Crippen LogP contribution in [0.25, 0.3) is 0 Å². The van der Waals surface area contributed by atoms with E-state index in [0.717, 1.165) is 6.42 Å². The number of carbonyl (C=O) groups is 1. The first-order chi connectivity index (χ1) is 5.72. The van der Waals surface area contributed by atoms with Gasteiger partial charge in [-0.1, -0.05) is 0 Å². The van der Waals surface area contributed by atoms with E-state index in [1.807, 2.05) is 0 Å². The van der Waals surface area contributed by atoms with Crippen LogP contribution in [0.3, 0.4) is 0 Å². The molecule has 0 bridgehead atoms. The Morgan fingerprint density at radius 3 is 2.75 bits per heavy atom. The first kappa shape index (κ1) is 11.4. The second-order valence-electron chi connectivity index (χ2n) is 2.55. The van der Waals surface area contributed by atoms with Crippen molar-refractivity contribution in [2.45, 2.75) is 18.9 Å². The summed E-state index contributed by atoms with van der Waals surface area (Å²) >= 11 is 0. The van der Waals surface area contributed by atoms with E-state index in [9.17, 15) is 4.79 Å². The molecule has 1 amide bonds. The Kier molecular flexibility index (Phi) is 6.64. The van der Waals surface area contributed by atoms with E-state index in [4.69, 9.17) is 16.6 Å². The van der Waals surface area contributed by atoms with Crippen LogP contribution in [-0.2, 0) is 4.79 Å². The zero-order valence-electron chi connectivity index (χ0n) is 7.12. The molecule has 0 saturated heterocycles. The molecule has 0 aliphatic rings. The van der Waals surface area contributed by atoms with E-state index in [1.165, 1.54) is 0 Å². The lowest BCUT2D eigenvalue weighted by Gasteiger charge is -2.10. The van der Waals surface area contributed by atoms with Crippen LogP contribution in [0.15, 0.2) is 0 Å². The molecule has 0 aromatic carbocycles. The molecule has 0 saturated carbocycles. The van der Waals surface area contributed by atoms with Crippen LogP contribution in [0, 0.1) is 0 Å². The van der Waals surface area contributed by atoms with Gasteiger partial charge >= 0.3 is 0 Å². The molecule has 0 fully saturated rings. The van der Waals surface area contributed by atoms with Crippen molar-refractivity contribution in [3.8, 4) is 0 Å². The van der Waals surface area contributed by atoms with Gasteiger partial charge in [-0.15, -0.1) is 0 Å². The molecule has 1 atom stereocenters. The van der Waals surface area contributed by atoms with Crippen molar-refractivity contribution in [3.63, 3.8) is 0 Å². The Morgan fingerprint density at radius 2 is 2.25 bits per heavy atom. The average Bonchev–Trinajstić information content (AvgIpc) is 2.10. The molecule has 0 aliphatic heterocycles. The maximum absolute atomic E-state index is 11.0. The number of nitrogens with one attached hydrogen (secondary N) is 1. The summed E-state index contributed by atoms with van der Waals surface area (Å²) in [6.07, 6.45) is 1.33. The molecule has 5 nitrogen and oxygen atoms in total. The molecule has 5 heteroatoms. The minimum absolute atomic E-state index is 0.0602. The molecule has 72 valence electrons. The number of hydrogen-bond donors (Lipinski definition) is 4. The highest BCUT2D eigenvalue weighted by atomic mass is 16.3. The molecule has 1 unspecified atom stereocenters. The monoisotopic (exact) mass is 175 g/mol. The molecule has 6 N–H and O–H groups in total. The predicted molar refractivity (Wildman–Crippen MR) is 46.4 cm³/mol. The van der Waals surface area contributed by atoms with Gasteiger partial charge in [0.25, 0.3) is 0 Å². The van der Waals surface area contributed by atoms with E-state index in [1.54, 1.807) is 0 Å². The second kappa shape index (κ2) is 7.02. The fourth-order valence-electron chi connectivity index (χ4n) is 0.779. The lowest BCUT2D eigenvalue weighted by molar-refractivity contribution is -0.122. The first-order valence-electron chi connectivity index (χ1n) is 4.06. The van der Waals surface area contributed by atoms with Crippen molar-refractivity contribution in [1.29, 1.82) is 0 Å². The average molecular weight is 175 g/mol. The Hall–Kier alpha value is -0.650. The molecular formula is C7H17N3O2. The molecule has 0 aliphatic carbocycles. The summed E-state index contributed by atoms with van der Waals surface area (Å²) in [4.78, 5) is 11.0. The third-order valence-corrected chi connectivity index (χ3v) is 1.47. The van der Waals surface area contributed by atoms with Crippen LogP contribution in [0.2, 0.25) is 0 Å². The van der Waals surface area contributed by atoms with E-state index in [0.29, 0.717) is 13.0 Å². The fraction of sp³-hybridized carbons (Fsp3) is 0.857. The largest absolute Gasteiger partial charge is 0.395 e. The van der Waals surface area contributed by atoms with Crippen LogP contribution in [-0.4, -0.2) is 36.8 Å². The number of rotatable bonds is 6. The molecule has 0 spiro atoms. The molecule has 12 heavy (non-hydrogen) atoms.